The standard InChI is InChI=1S/C11H9Cl2NO5/c1-2-18-11(15)7-4-5-3-6(14(16)17)8(12)9(13)10(5)19-7/h3,7H,2,4H2,1H3. The Morgan fingerprint density at radius 1 is 1.58 bits per heavy atom. The minimum absolute atomic E-state index is 0.0577. The van der Waals surface area contributed by atoms with Crippen molar-refractivity contribution < 1.29 is 19.2 Å². The molecule has 0 saturated carbocycles. The number of rotatable bonds is 3. The lowest BCUT2D eigenvalue weighted by Gasteiger charge is -2.09. The molecule has 1 aliphatic rings. The molecule has 102 valence electrons. The van der Waals surface area contributed by atoms with Gasteiger partial charge in [-0.25, -0.2) is 4.79 Å². The van der Waals surface area contributed by atoms with Crippen LogP contribution in [0.25, 0.3) is 0 Å². The zero-order valence-corrected chi connectivity index (χ0v) is 11.3. The molecule has 0 aromatic heterocycles. The maximum atomic E-state index is 11.6. The van der Waals surface area contributed by atoms with E-state index in [1.165, 1.54) is 6.07 Å². The van der Waals surface area contributed by atoms with Gasteiger partial charge in [0, 0.05) is 18.1 Å². The monoisotopic (exact) mass is 305 g/mol. The van der Waals surface area contributed by atoms with E-state index in [2.05, 4.69) is 0 Å². The number of halogens is 2. The third-order valence-corrected chi connectivity index (χ3v) is 3.47. The number of hydrogen-bond donors (Lipinski definition) is 0. The third kappa shape index (κ3) is 2.46. The lowest BCUT2D eigenvalue weighted by Crippen LogP contribution is -2.27. The van der Waals surface area contributed by atoms with Gasteiger partial charge in [0.15, 0.2) is 6.10 Å². The quantitative estimate of drug-likeness (QED) is 0.487. The molecule has 1 aromatic carbocycles. The molecule has 1 atom stereocenters. The molecular weight excluding hydrogens is 297 g/mol. The molecule has 1 aliphatic heterocycles. The first kappa shape index (κ1) is 13.9. The Labute approximate surface area is 118 Å². The van der Waals surface area contributed by atoms with Crippen LogP contribution in [0.15, 0.2) is 6.07 Å². The summed E-state index contributed by atoms with van der Waals surface area (Å²) < 4.78 is 10.2. The zero-order valence-electron chi connectivity index (χ0n) is 9.81. The second-order valence-corrected chi connectivity index (χ2v) is 4.59. The molecule has 0 saturated heterocycles. The van der Waals surface area contributed by atoms with Gasteiger partial charge >= 0.3 is 5.97 Å². The van der Waals surface area contributed by atoms with Gasteiger partial charge in [0.1, 0.15) is 15.8 Å². The number of nitrogens with zero attached hydrogens (tertiary/aromatic N) is 1. The Balaban J connectivity index is 2.36. The van der Waals surface area contributed by atoms with E-state index < -0.39 is 17.0 Å². The van der Waals surface area contributed by atoms with Crippen LogP contribution in [0.1, 0.15) is 12.5 Å². The van der Waals surface area contributed by atoms with E-state index in [-0.39, 0.29) is 34.5 Å². The number of hydrogen-bond acceptors (Lipinski definition) is 5. The van der Waals surface area contributed by atoms with Crippen molar-refractivity contribution in [3.63, 3.8) is 0 Å². The van der Waals surface area contributed by atoms with Gasteiger partial charge in [0.2, 0.25) is 0 Å². The Morgan fingerprint density at radius 3 is 2.84 bits per heavy atom. The van der Waals surface area contributed by atoms with Crippen molar-refractivity contribution in [2.24, 2.45) is 0 Å². The van der Waals surface area contributed by atoms with Crippen LogP contribution in [0.2, 0.25) is 10.0 Å². The number of carbonyl (C=O) groups is 1. The molecule has 8 heteroatoms. The van der Waals surface area contributed by atoms with Crippen molar-refractivity contribution in [3.8, 4) is 5.75 Å². The summed E-state index contributed by atoms with van der Waals surface area (Å²) >= 11 is 11.7. The zero-order chi connectivity index (χ0) is 14.2. The number of ether oxygens (including phenoxy) is 2. The first-order valence-electron chi connectivity index (χ1n) is 5.44. The molecule has 0 aliphatic carbocycles. The molecule has 1 heterocycles. The fraction of sp³-hybridized carbons (Fsp3) is 0.364. The largest absolute Gasteiger partial charge is 0.476 e. The van der Waals surface area contributed by atoms with Crippen molar-refractivity contribution in [2.75, 3.05) is 6.61 Å². The number of carbonyl (C=O) groups excluding carboxylic acids is 1. The third-order valence-electron chi connectivity index (χ3n) is 2.63. The van der Waals surface area contributed by atoms with Gasteiger partial charge < -0.3 is 9.47 Å². The highest BCUT2D eigenvalue weighted by atomic mass is 35.5. The minimum Gasteiger partial charge on any atom is -0.476 e. The number of nitro benzene ring substituents is 1. The molecule has 0 N–H and O–H groups in total. The van der Waals surface area contributed by atoms with Gasteiger partial charge in [-0.2, -0.15) is 0 Å². The summed E-state index contributed by atoms with van der Waals surface area (Å²) in [5.74, 6) is -0.330. The van der Waals surface area contributed by atoms with Crippen molar-refractivity contribution in [1.82, 2.24) is 0 Å². The van der Waals surface area contributed by atoms with Gasteiger partial charge in [-0.1, -0.05) is 23.2 Å². The van der Waals surface area contributed by atoms with Crippen LogP contribution in [0.5, 0.6) is 5.75 Å². The lowest BCUT2D eigenvalue weighted by atomic mass is 10.1. The van der Waals surface area contributed by atoms with E-state index in [0.717, 1.165) is 0 Å². The Morgan fingerprint density at radius 2 is 2.26 bits per heavy atom. The van der Waals surface area contributed by atoms with Gasteiger partial charge in [-0.15, -0.1) is 0 Å². The fourth-order valence-electron chi connectivity index (χ4n) is 1.81. The second-order valence-electron chi connectivity index (χ2n) is 3.83. The lowest BCUT2D eigenvalue weighted by molar-refractivity contribution is -0.384. The normalized spacial score (nSPS) is 16.7. The predicted molar refractivity (Wildman–Crippen MR) is 67.9 cm³/mol. The SMILES string of the molecule is CCOC(=O)C1Cc2cc([N+](=O)[O-])c(Cl)c(Cl)c2O1. The number of benzene rings is 1. The highest BCUT2D eigenvalue weighted by molar-refractivity contribution is 6.44. The number of esters is 1. The molecule has 1 aromatic rings. The smallest absolute Gasteiger partial charge is 0.347 e. The molecule has 0 bridgehead atoms. The summed E-state index contributed by atoms with van der Waals surface area (Å²) in [5.41, 5.74) is 0.165. The van der Waals surface area contributed by atoms with E-state index in [1.54, 1.807) is 6.92 Å². The van der Waals surface area contributed by atoms with Crippen LogP contribution >= 0.6 is 23.2 Å². The maximum absolute atomic E-state index is 11.6. The van der Waals surface area contributed by atoms with Crippen molar-refractivity contribution in [2.45, 2.75) is 19.4 Å². The summed E-state index contributed by atoms with van der Waals surface area (Å²) in [5, 5.41) is 10.6. The maximum Gasteiger partial charge on any atom is 0.347 e. The predicted octanol–water partition coefficient (Wildman–Crippen LogP) is 2.77. The summed E-state index contributed by atoms with van der Waals surface area (Å²) in [4.78, 5) is 21.8. The highest BCUT2D eigenvalue weighted by Gasteiger charge is 2.35. The average Bonchev–Trinajstić information content (AvgIpc) is 2.78. The Hall–Kier alpha value is -1.53. The van der Waals surface area contributed by atoms with Crippen LogP contribution in [-0.2, 0) is 16.0 Å². The van der Waals surface area contributed by atoms with Crippen LogP contribution in [-0.4, -0.2) is 23.6 Å². The van der Waals surface area contributed by atoms with Gasteiger partial charge in [-0.3, -0.25) is 10.1 Å². The van der Waals surface area contributed by atoms with E-state index in [9.17, 15) is 14.9 Å². The molecule has 19 heavy (non-hydrogen) atoms. The van der Waals surface area contributed by atoms with Gasteiger partial charge in [0.05, 0.1) is 11.5 Å². The van der Waals surface area contributed by atoms with Crippen molar-refractivity contribution in [3.05, 3.63) is 31.8 Å². The molecular formula is C11H9Cl2NO5. The fourth-order valence-corrected chi connectivity index (χ4v) is 2.28. The average molecular weight is 306 g/mol. The highest BCUT2D eigenvalue weighted by Crippen LogP contribution is 2.45. The Kier molecular flexibility index (Phi) is 3.82. The molecule has 2 rings (SSSR count). The molecule has 6 nitrogen and oxygen atoms in total. The minimum atomic E-state index is -0.842. The first-order chi connectivity index (χ1) is 8.95. The summed E-state index contributed by atoms with van der Waals surface area (Å²) in [6.07, 6.45) is -0.670. The van der Waals surface area contributed by atoms with Crippen molar-refractivity contribution >= 4 is 34.9 Å². The van der Waals surface area contributed by atoms with Crippen molar-refractivity contribution in [1.29, 1.82) is 0 Å². The summed E-state index contributed by atoms with van der Waals surface area (Å²) in [6.45, 7) is 1.90. The number of nitro groups is 1. The van der Waals surface area contributed by atoms with Gasteiger partial charge in [-0.05, 0) is 6.92 Å². The second kappa shape index (κ2) is 5.22. The van der Waals surface area contributed by atoms with E-state index in [1.807, 2.05) is 0 Å². The van der Waals surface area contributed by atoms with Crippen LogP contribution in [0.3, 0.4) is 0 Å². The van der Waals surface area contributed by atoms with Crippen LogP contribution < -0.4 is 4.74 Å². The van der Waals surface area contributed by atoms with Crippen LogP contribution in [0.4, 0.5) is 5.69 Å². The summed E-state index contributed by atoms with van der Waals surface area (Å²) in [7, 11) is 0. The van der Waals surface area contributed by atoms with Gasteiger partial charge in [0.25, 0.3) is 5.69 Å². The molecule has 0 fully saturated rings. The van der Waals surface area contributed by atoms with Crippen LogP contribution in [0, 0.1) is 10.1 Å². The molecule has 1 unspecified atom stereocenters. The van der Waals surface area contributed by atoms with E-state index in [0.29, 0.717) is 5.56 Å². The molecule has 0 radical (unpaired) electrons. The first-order valence-corrected chi connectivity index (χ1v) is 6.19. The molecule has 0 spiro atoms. The van der Waals surface area contributed by atoms with E-state index in [4.69, 9.17) is 32.7 Å². The number of fused-ring (bicyclic) bond motifs is 1. The molecule has 0 amide bonds. The van der Waals surface area contributed by atoms with E-state index >= 15 is 0 Å². The topological polar surface area (TPSA) is 78.7 Å². The Bertz CT molecular complexity index is 561. The summed E-state index contributed by atoms with van der Waals surface area (Å²) in [6, 6.07) is 1.27.